The van der Waals surface area contributed by atoms with E-state index in [1.807, 2.05) is 50.4 Å². The number of anilines is 1. The molecule has 184 valence electrons. The van der Waals surface area contributed by atoms with Gasteiger partial charge in [0.15, 0.2) is 0 Å². The van der Waals surface area contributed by atoms with Crippen molar-refractivity contribution < 1.29 is 9.66 Å². The van der Waals surface area contributed by atoms with E-state index in [-0.39, 0.29) is 10.6 Å². The lowest BCUT2D eigenvalue weighted by molar-refractivity contribution is -0.437. The average molecular weight is 478 g/mol. The van der Waals surface area contributed by atoms with E-state index in [1.165, 1.54) is 6.08 Å². The number of fused-ring (bicyclic) bond motifs is 1. The van der Waals surface area contributed by atoms with Crippen molar-refractivity contribution in [3.05, 3.63) is 76.1 Å². The second kappa shape index (κ2) is 9.85. The molecule has 1 aromatic carbocycles. The van der Waals surface area contributed by atoms with Crippen LogP contribution in [0.5, 0.6) is 0 Å². The van der Waals surface area contributed by atoms with Crippen LogP contribution in [0.15, 0.2) is 66.0 Å². The van der Waals surface area contributed by atoms with Crippen LogP contribution in [0, 0.1) is 10.1 Å². The maximum atomic E-state index is 12.1. The molecule has 0 fully saturated rings. The summed E-state index contributed by atoms with van der Waals surface area (Å²) in [6.07, 6.45) is 6.12. The van der Waals surface area contributed by atoms with Gasteiger partial charge < -0.3 is 24.8 Å². The molecule has 2 N–H and O–H groups in total. The predicted octanol–water partition coefficient (Wildman–Crippen LogP) is 3.38. The van der Waals surface area contributed by atoms with Crippen LogP contribution in [-0.2, 0) is 11.8 Å². The number of benzene rings is 1. The Morgan fingerprint density at radius 3 is 2.74 bits per heavy atom. The number of nitrogens with one attached hydrogen (secondary N) is 2. The first-order valence-corrected chi connectivity index (χ1v) is 11.4. The summed E-state index contributed by atoms with van der Waals surface area (Å²) in [6.45, 7) is 0.683. The van der Waals surface area contributed by atoms with Crippen LogP contribution >= 0.6 is 0 Å². The normalized spacial score (nSPS) is 18.2. The molecule has 1 aliphatic rings. The molecule has 1 unspecified atom stereocenters. The number of rotatable bonds is 9. The van der Waals surface area contributed by atoms with Gasteiger partial charge in [-0.3, -0.25) is 10.1 Å². The number of hydrogen-bond donors (Lipinski definition) is 2. The van der Waals surface area contributed by atoms with Crippen LogP contribution in [0.2, 0.25) is 0 Å². The van der Waals surface area contributed by atoms with E-state index in [2.05, 4.69) is 32.3 Å². The summed E-state index contributed by atoms with van der Waals surface area (Å²) < 4.78 is 7.74. The fraction of sp³-hybridized carbons (Fsp3) is 0.360. The fourth-order valence-corrected chi connectivity index (χ4v) is 4.54. The van der Waals surface area contributed by atoms with Crippen LogP contribution in [0.25, 0.3) is 22.2 Å². The molecule has 4 rings (SSSR count). The van der Waals surface area contributed by atoms with Gasteiger partial charge in [0, 0.05) is 48.4 Å². The number of ether oxygens (including phenoxy) is 1. The number of aromatic nitrogens is 3. The minimum absolute atomic E-state index is 0.0790. The van der Waals surface area contributed by atoms with Crippen LogP contribution in [0.1, 0.15) is 12.8 Å². The first-order valence-electron chi connectivity index (χ1n) is 11.4. The van der Waals surface area contributed by atoms with Crippen LogP contribution in [0.3, 0.4) is 0 Å². The second-order valence-electron chi connectivity index (χ2n) is 8.95. The summed E-state index contributed by atoms with van der Waals surface area (Å²) in [7, 11) is 9.21. The number of aryl methyl sites for hydroxylation is 1. The minimum Gasteiger partial charge on any atom is -0.499 e. The summed E-state index contributed by atoms with van der Waals surface area (Å²) >= 11 is 0. The number of methoxy groups -OCH3 is 1. The van der Waals surface area contributed by atoms with Gasteiger partial charge in [-0.25, -0.2) is 9.97 Å². The van der Waals surface area contributed by atoms with Crippen molar-refractivity contribution in [2.24, 2.45) is 7.05 Å². The molecule has 0 saturated carbocycles. The third kappa shape index (κ3) is 4.75. The van der Waals surface area contributed by atoms with Gasteiger partial charge in [0.05, 0.1) is 23.4 Å². The highest BCUT2D eigenvalue weighted by molar-refractivity contribution is 5.95. The molecule has 0 amide bonds. The first-order chi connectivity index (χ1) is 16.8. The highest BCUT2D eigenvalue weighted by atomic mass is 16.6. The lowest BCUT2D eigenvalue weighted by Gasteiger charge is -2.35. The Hall–Kier alpha value is -3.76. The quantitative estimate of drug-likeness (QED) is 0.357. The highest BCUT2D eigenvalue weighted by Crippen LogP contribution is 2.36. The summed E-state index contributed by atoms with van der Waals surface area (Å²) in [5.74, 6) is 0.937. The van der Waals surface area contributed by atoms with Gasteiger partial charge in [-0.2, -0.15) is 0 Å². The van der Waals surface area contributed by atoms with Gasteiger partial charge in [0.25, 0.3) is 5.70 Å². The molecule has 0 bridgehead atoms. The zero-order chi connectivity index (χ0) is 25.2. The fourth-order valence-electron chi connectivity index (χ4n) is 4.54. The van der Waals surface area contributed by atoms with E-state index in [0.29, 0.717) is 36.8 Å². The van der Waals surface area contributed by atoms with Crippen molar-refractivity contribution in [3.8, 4) is 11.3 Å². The van der Waals surface area contributed by atoms with Gasteiger partial charge >= 0.3 is 0 Å². The van der Waals surface area contributed by atoms with E-state index < -0.39 is 5.54 Å². The number of para-hydroxylation sites is 1. The lowest BCUT2D eigenvalue weighted by atomic mass is 9.82. The Bertz CT molecular complexity index is 1310. The van der Waals surface area contributed by atoms with Crippen LogP contribution in [0.4, 0.5) is 5.95 Å². The summed E-state index contributed by atoms with van der Waals surface area (Å²) in [6, 6.07) is 9.97. The van der Waals surface area contributed by atoms with E-state index in [1.54, 1.807) is 20.4 Å². The molecular weight excluding hydrogens is 446 g/mol. The lowest BCUT2D eigenvalue weighted by Crippen LogP contribution is -2.50. The average Bonchev–Trinajstić information content (AvgIpc) is 3.19. The van der Waals surface area contributed by atoms with Gasteiger partial charge in [-0.1, -0.05) is 18.2 Å². The molecule has 35 heavy (non-hydrogen) atoms. The number of likely N-dealkylation sites (N-methyl/N-ethyl adjacent to an activating group) is 1. The van der Waals surface area contributed by atoms with Gasteiger partial charge in [0.2, 0.25) is 5.95 Å². The van der Waals surface area contributed by atoms with Crippen LogP contribution in [-0.4, -0.2) is 64.7 Å². The van der Waals surface area contributed by atoms with Gasteiger partial charge in [-0.15, -0.1) is 0 Å². The predicted molar refractivity (Wildman–Crippen MR) is 136 cm³/mol. The highest BCUT2D eigenvalue weighted by Gasteiger charge is 2.45. The molecule has 2 heterocycles. The van der Waals surface area contributed by atoms with Crippen molar-refractivity contribution in [1.82, 2.24) is 24.8 Å². The maximum Gasteiger partial charge on any atom is 0.268 e. The van der Waals surface area contributed by atoms with Crippen molar-refractivity contribution >= 4 is 16.9 Å². The maximum absolute atomic E-state index is 12.1. The van der Waals surface area contributed by atoms with E-state index in [9.17, 15) is 10.1 Å². The number of nitrogens with zero attached hydrogens (tertiary/aromatic N) is 5. The first kappa shape index (κ1) is 24.4. The Morgan fingerprint density at radius 1 is 1.29 bits per heavy atom. The molecule has 2 aromatic heterocycles. The number of allylic oxidation sites excluding steroid dienone is 1. The zero-order valence-electron chi connectivity index (χ0n) is 20.7. The molecule has 1 atom stereocenters. The van der Waals surface area contributed by atoms with E-state index in [0.717, 1.165) is 22.2 Å². The van der Waals surface area contributed by atoms with Gasteiger partial charge in [-0.05, 0) is 46.2 Å². The van der Waals surface area contributed by atoms with Crippen molar-refractivity contribution in [2.45, 2.75) is 18.4 Å². The van der Waals surface area contributed by atoms with Crippen molar-refractivity contribution in [3.63, 3.8) is 0 Å². The molecule has 3 aromatic rings. The Kier molecular flexibility index (Phi) is 6.86. The molecule has 10 nitrogen and oxygen atoms in total. The Labute approximate surface area is 204 Å². The van der Waals surface area contributed by atoms with Crippen molar-refractivity contribution in [2.75, 3.05) is 40.1 Å². The molecule has 0 saturated heterocycles. The van der Waals surface area contributed by atoms with E-state index in [4.69, 9.17) is 9.72 Å². The summed E-state index contributed by atoms with van der Waals surface area (Å²) in [5, 5.41) is 19.5. The third-order valence-electron chi connectivity index (χ3n) is 6.52. The van der Waals surface area contributed by atoms with E-state index >= 15 is 0 Å². The SMILES string of the molecule is CNC1(CCN(C)C)CC(OC)=C(Nc2nccc(-c3cn(C)c4ccccc34)n2)C=C1[N+](=O)[O-]. The Balaban J connectivity index is 1.70. The summed E-state index contributed by atoms with van der Waals surface area (Å²) in [4.78, 5) is 22.8. The number of hydrogen-bond acceptors (Lipinski definition) is 8. The summed E-state index contributed by atoms with van der Waals surface area (Å²) in [5.41, 5.74) is 2.55. The molecular formula is C25H31N7O3. The largest absolute Gasteiger partial charge is 0.499 e. The smallest absolute Gasteiger partial charge is 0.268 e. The monoisotopic (exact) mass is 477 g/mol. The molecule has 10 heteroatoms. The molecule has 0 spiro atoms. The molecule has 0 aliphatic heterocycles. The number of nitro groups is 1. The molecule has 1 aliphatic carbocycles. The topological polar surface area (TPSA) is 110 Å². The minimum atomic E-state index is -0.851. The third-order valence-corrected chi connectivity index (χ3v) is 6.52. The Morgan fingerprint density at radius 2 is 2.06 bits per heavy atom. The zero-order valence-corrected chi connectivity index (χ0v) is 20.7. The second-order valence-corrected chi connectivity index (χ2v) is 8.95. The standard InChI is InChI=1S/C25H31N7O3/c1-26-25(11-13-30(2)3)15-22(35-5)20(14-23(25)32(33)34)29-24-27-12-10-19(28-24)18-16-31(4)21-9-7-6-8-17(18)21/h6-10,12,14,16,26H,11,13,15H2,1-5H3,(H,27,28,29). The van der Waals surface area contributed by atoms with Crippen LogP contribution < -0.4 is 10.6 Å². The molecule has 0 radical (unpaired) electrons. The van der Waals surface area contributed by atoms with Gasteiger partial charge in [0.1, 0.15) is 11.3 Å². The van der Waals surface area contributed by atoms with Crippen molar-refractivity contribution in [1.29, 1.82) is 0 Å².